The number of hydrogen-bond acceptors (Lipinski definition) is 2. The Morgan fingerprint density at radius 3 is 2.33 bits per heavy atom. The molecule has 1 fully saturated rings. The fourth-order valence-corrected chi connectivity index (χ4v) is 3.60. The Balaban J connectivity index is 1.77. The van der Waals surface area contributed by atoms with E-state index in [0.717, 1.165) is 0 Å². The van der Waals surface area contributed by atoms with Crippen LogP contribution in [0, 0.1) is 0 Å². The maximum absolute atomic E-state index is 12.7. The molecule has 0 bridgehead atoms. The Bertz CT molecular complexity index is 737. The molecule has 3 rings (SSSR count). The summed E-state index contributed by atoms with van der Waals surface area (Å²) in [5.74, 6) is -0.337. The molecular formula is C20H23NO3. The minimum absolute atomic E-state index is 0.0654. The van der Waals surface area contributed by atoms with E-state index >= 15 is 0 Å². The number of benzene rings is 1. The van der Waals surface area contributed by atoms with Crippen molar-refractivity contribution in [3.8, 4) is 0 Å². The quantitative estimate of drug-likeness (QED) is 0.847. The number of carboxylic acid groups (broad SMARTS) is 1. The lowest BCUT2D eigenvalue weighted by molar-refractivity contribution is -0.136. The van der Waals surface area contributed by atoms with Gasteiger partial charge in [-0.2, -0.15) is 0 Å². The predicted octanol–water partition coefficient (Wildman–Crippen LogP) is 3.93. The summed E-state index contributed by atoms with van der Waals surface area (Å²) < 4.78 is 1.67. The van der Waals surface area contributed by atoms with Crippen LogP contribution in [0.2, 0.25) is 0 Å². The largest absolute Gasteiger partial charge is 0.481 e. The molecule has 2 aromatic rings. The van der Waals surface area contributed by atoms with Crippen LogP contribution in [0.5, 0.6) is 0 Å². The summed E-state index contributed by atoms with van der Waals surface area (Å²) in [5, 5.41) is 8.91. The van der Waals surface area contributed by atoms with Crippen LogP contribution in [0.1, 0.15) is 65.3 Å². The van der Waals surface area contributed by atoms with Crippen molar-refractivity contribution in [1.82, 2.24) is 4.57 Å². The Morgan fingerprint density at radius 2 is 1.71 bits per heavy atom. The van der Waals surface area contributed by atoms with E-state index in [0.29, 0.717) is 22.9 Å². The van der Waals surface area contributed by atoms with Crippen molar-refractivity contribution in [2.45, 2.75) is 44.4 Å². The zero-order valence-electron chi connectivity index (χ0n) is 14.0. The minimum atomic E-state index is -0.896. The van der Waals surface area contributed by atoms with Gasteiger partial charge in [-0.15, -0.1) is 0 Å². The van der Waals surface area contributed by atoms with Crippen molar-refractivity contribution in [3.05, 3.63) is 58.9 Å². The highest BCUT2D eigenvalue weighted by atomic mass is 16.4. The van der Waals surface area contributed by atoms with Crippen LogP contribution in [-0.4, -0.2) is 21.4 Å². The first kappa shape index (κ1) is 16.5. The van der Waals surface area contributed by atoms with E-state index in [4.69, 9.17) is 5.11 Å². The molecule has 24 heavy (non-hydrogen) atoms. The van der Waals surface area contributed by atoms with Gasteiger partial charge in [0.2, 0.25) is 5.78 Å². The number of carboxylic acids is 1. The summed E-state index contributed by atoms with van der Waals surface area (Å²) in [5.41, 5.74) is 3.13. The van der Waals surface area contributed by atoms with E-state index in [1.165, 1.54) is 37.7 Å². The molecular weight excluding hydrogens is 302 g/mol. The second-order valence-electron chi connectivity index (χ2n) is 6.63. The number of aliphatic carboxylic acids is 1. The minimum Gasteiger partial charge on any atom is -0.481 e. The van der Waals surface area contributed by atoms with Gasteiger partial charge in [-0.1, -0.05) is 43.5 Å². The topological polar surface area (TPSA) is 59.3 Å². The number of hydrogen-bond donors (Lipinski definition) is 1. The first-order valence-corrected chi connectivity index (χ1v) is 8.57. The third-order valence-electron chi connectivity index (χ3n) is 5.04. The Labute approximate surface area is 142 Å². The van der Waals surface area contributed by atoms with Gasteiger partial charge in [-0.05, 0) is 36.5 Å². The summed E-state index contributed by atoms with van der Waals surface area (Å²) in [6.07, 6.45) is 6.32. The maximum atomic E-state index is 12.7. The molecule has 1 heterocycles. The molecule has 0 radical (unpaired) electrons. The fourth-order valence-electron chi connectivity index (χ4n) is 3.60. The first-order chi connectivity index (χ1) is 11.6. The van der Waals surface area contributed by atoms with Crippen molar-refractivity contribution in [1.29, 1.82) is 0 Å². The molecule has 4 nitrogen and oxygen atoms in total. The molecule has 0 amide bonds. The third-order valence-corrected chi connectivity index (χ3v) is 5.04. The van der Waals surface area contributed by atoms with Crippen LogP contribution < -0.4 is 0 Å². The van der Waals surface area contributed by atoms with Crippen LogP contribution in [0.25, 0.3) is 0 Å². The third kappa shape index (κ3) is 3.42. The number of ketones is 1. The van der Waals surface area contributed by atoms with E-state index in [2.05, 4.69) is 12.1 Å². The second-order valence-corrected chi connectivity index (χ2v) is 6.63. The van der Waals surface area contributed by atoms with Gasteiger partial charge in [0.1, 0.15) is 0 Å². The van der Waals surface area contributed by atoms with Crippen molar-refractivity contribution >= 4 is 11.8 Å². The first-order valence-electron chi connectivity index (χ1n) is 8.57. The fraction of sp³-hybridized carbons (Fsp3) is 0.400. The Morgan fingerprint density at radius 1 is 1.04 bits per heavy atom. The molecule has 1 aromatic carbocycles. The van der Waals surface area contributed by atoms with Crippen molar-refractivity contribution < 1.29 is 14.7 Å². The van der Waals surface area contributed by atoms with Crippen LogP contribution in [0.15, 0.2) is 36.4 Å². The number of nitrogens with zero attached hydrogens (tertiary/aromatic N) is 1. The zero-order valence-corrected chi connectivity index (χ0v) is 14.0. The number of carbonyl (C=O) groups is 2. The second kappa shape index (κ2) is 7.04. The zero-order chi connectivity index (χ0) is 17.1. The maximum Gasteiger partial charge on any atom is 0.309 e. The van der Waals surface area contributed by atoms with Gasteiger partial charge in [0.15, 0.2) is 0 Å². The number of aromatic nitrogens is 1. The highest BCUT2D eigenvalue weighted by molar-refractivity contribution is 6.08. The molecule has 1 aliphatic carbocycles. The van der Waals surface area contributed by atoms with E-state index < -0.39 is 5.97 Å². The summed E-state index contributed by atoms with van der Waals surface area (Å²) in [7, 11) is 1.74. The molecule has 1 aliphatic rings. The van der Waals surface area contributed by atoms with Crippen molar-refractivity contribution in [2.24, 2.45) is 7.05 Å². The summed E-state index contributed by atoms with van der Waals surface area (Å²) in [4.78, 5) is 23.5. The van der Waals surface area contributed by atoms with Crippen LogP contribution in [0.4, 0.5) is 0 Å². The average molecular weight is 325 g/mol. The highest BCUT2D eigenvalue weighted by Gasteiger charge is 2.18. The van der Waals surface area contributed by atoms with Gasteiger partial charge in [0.25, 0.3) is 0 Å². The van der Waals surface area contributed by atoms with E-state index in [-0.39, 0.29) is 12.2 Å². The molecule has 1 aromatic heterocycles. The smallest absolute Gasteiger partial charge is 0.309 e. The Kier molecular flexibility index (Phi) is 4.84. The van der Waals surface area contributed by atoms with Crippen LogP contribution in [0.3, 0.4) is 0 Å². The van der Waals surface area contributed by atoms with Crippen molar-refractivity contribution in [2.75, 3.05) is 0 Å². The van der Waals surface area contributed by atoms with E-state index in [1.54, 1.807) is 23.7 Å². The van der Waals surface area contributed by atoms with E-state index in [9.17, 15) is 9.59 Å². The molecule has 1 saturated carbocycles. The number of rotatable bonds is 5. The summed E-state index contributed by atoms with van der Waals surface area (Å²) >= 11 is 0. The molecule has 0 saturated heterocycles. The average Bonchev–Trinajstić information content (AvgIpc) is 2.95. The van der Waals surface area contributed by atoms with Gasteiger partial charge >= 0.3 is 5.97 Å². The molecule has 0 unspecified atom stereocenters. The molecule has 126 valence electrons. The van der Waals surface area contributed by atoms with Gasteiger partial charge in [-0.3, -0.25) is 9.59 Å². The molecule has 0 aliphatic heterocycles. The molecule has 0 spiro atoms. The predicted molar refractivity (Wildman–Crippen MR) is 92.5 cm³/mol. The van der Waals surface area contributed by atoms with Gasteiger partial charge in [0, 0.05) is 18.3 Å². The molecule has 4 heteroatoms. The molecule has 1 N–H and O–H groups in total. The molecule has 0 atom stereocenters. The lowest BCUT2D eigenvalue weighted by atomic mass is 9.84. The van der Waals surface area contributed by atoms with Gasteiger partial charge < -0.3 is 9.67 Å². The van der Waals surface area contributed by atoms with E-state index in [1.807, 2.05) is 12.1 Å². The lowest BCUT2D eigenvalue weighted by Crippen LogP contribution is -2.12. The standard InChI is InChI=1S/C20H23NO3/c1-21-17(13-19(22)23)11-12-18(21)20(24)16-9-7-15(8-10-16)14-5-3-2-4-6-14/h7-12,14H,2-6,13H2,1H3,(H,22,23). The SMILES string of the molecule is Cn1c(CC(=O)O)ccc1C(=O)c1ccc(C2CCCCC2)cc1. The highest BCUT2D eigenvalue weighted by Crippen LogP contribution is 2.32. The lowest BCUT2D eigenvalue weighted by Gasteiger charge is -2.22. The van der Waals surface area contributed by atoms with Gasteiger partial charge in [-0.25, -0.2) is 0 Å². The Hall–Kier alpha value is -2.36. The van der Waals surface area contributed by atoms with Crippen LogP contribution in [-0.2, 0) is 18.3 Å². The summed E-state index contributed by atoms with van der Waals surface area (Å²) in [6, 6.07) is 11.4. The van der Waals surface area contributed by atoms with Crippen LogP contribution >= 0.6 is 0 Å². The van der Waals surface area contributed by atoms with Gasteiger partial charge in [0.05, 0.1) is 12.1 Å². The van der Waals surface area contributed by atoms with Crippen molar-refractivity contribution in [3.63, 3.8) is 0 Å². The summed E-state index contributed by atoms with van der Waals surface area (Å²) in [6.45, 7) is 0. The normalized spacial score (nSPS) is 15.4. The monoisotopic (exact) mass is 325 g/mol. The number of carbonyl (C=O) groups excluding carboxylic acids is 1.